The zero-order chi connectivity index (χ0) is 30.9. The van der Waals surface area contributed by atoms with E-state index in [0.717, 1.165) is 27.1 Å². The first kappa shape index (κ1) is 32.6. The molecule has 0 fully saturated rings. The number of aromatic nitrogens is 1. The summed E-state index contributed by atoms with van der Waals surface area (Å²) in [6.45, 7) is 7.07. The molecule has 0 aliphatic carbocycles. The maximum absolute atomic E-state index is 13.9. The normalized spacial score (nSPS) is 11.7. The third-order valence-electron chi connectivity index (χ3n) is 7.28. The van der Waals surface area contributed by atoms with Crippen LogP contribution in [0.2, 0.25) is 0 Å². The second-order valence-corrected chi connectivity index (χ2v) is 10.6. The van der Waals surface area contributed by atoms with Gasteiger partial charge in [-0.1, -0.05) is 71.6 Å². The fourth-order valence-corrected chi connectivity index (χ4v) is 5.52. The van der Waals surface area contributed by atoms with Gasteiger partial charge in [0, 0.05) is 38.1 Å². The Morgan fingerprint density at radius 2 is 1.50 bits per heavy atom. The molecule has 1 aromatic heterocycles. The van der Waals surface area contributed by atoms with Gasteiger partial charge in [-0.05, 0) is 89.2 Å². The van der Waals surface area contributed by atoms with Crippen molar-refractivity contribution in [1.82, 2.24) is 4.98 Å². The Bertz CT molecular complexity index is 2020. The first-order valence-electron chi connectivity index (χ1n) is 13.7. The zero-order valence-electron chi connectivity index (χ0n) is 24.5. The maximum atomic E-state index is 13.9. The molecule has 0 saturated carbocycles. The van der Waals surface area contributed by atoms with Crippen molar-refractivity contribution in [1.29, 1.82) is 0 Å². The number of aliphatic hydroxyl groups is 1. The summed E-state index contributed by atoms with van der Waals surface area (Å²) in [7, 11) is 0. The summed E-state index contributed by atoms with van der Waals surface area (Å²) in [5.41, 5.74) is 4.94. The molecule has 225 valence electrons. The molecule has 6 rings (SSSR count). The molecule has 5 aromatic carbocycles. The number of fused-ring (bicyclic) bond motifs is 4. The van der Waals surface area contributed by atoms with Crippen molar-refractivity contribution in [3.63, 3.8) is 0 Å². The van der Waals surface area contributed by atoms with Crippen LogP contribution in [-0.4, -0.2) is 15.9 Å². The van der Waals surface area contributed by atoms with Crippen LogP contribution in [0.5, 0.6) is 0 Å². The number of pyridine rings is 1. The number of hydrogen-bond acceptors (Lipinski definition) is 3. The van der Waals surface area contributed by atoms with E-state index in [1.54, 1.807) is 24.4 Å². The fourth-order valence-electron chi connectivity index (χ4n) is 5.52. The molecule has 0 amide bonds. The number of rotatable bonds is 3. The predicted octanol–water partition coefficient (Wildman–Crippen LogP) is 10.3. The monoisotopic (exact) mass is 769 g/mol. The van der Waals surface area contributed by atoms with Gasteiger partial charge in [-0.2, -0.15) is 13.2 Å². The number of ketones is 1. The smallest absolute Gasteiger partial charge is 0.403 e. The van der Waals surface area contributed by atoms with E-state index in [1.165, 1.54) is 48.7 Å². The van der Waals surface area contributed by atoms with Gasteiger partial charge in [0.2, 0.25) is 0 Å². The average molecular weight is 769 g/mol. The Kier molecular flexibility index (Phi) is 9.72. The molecule has 0 bridgehead atoms. The summed E-state index contributed by atoms with van der Waals surface area (Å²) < 4.78 is 41.8. The third kappa shape index (κ3) is 6.75. The summed E-state index contributed by atoms with van der Waals surface area (Å²) in [5, 5.41) is 12.8. The van der Waals surface area contributed by atoms with Crippen molar-refractivity contribution < 1.29 is 43.2 Å². The van der Waals surface area contributed by atoms with Crippen LogP contribution in [0.25, 0.3) is 54.7 Å². The van der Waals surface area contributed by atoms with Crippen LogP contribution < -0.4 is 0 Å². The number of aryl methyl sites for hydroxylation is 2. The van der Waals surface area contributed by atoms with Crippen LogP contribution in [0.15, 0.2) is 103 Å². The van der Waals surface area contributed by atoms with Crippen LogP contribution in [0, 0.1) is 19.9 Å². The Labute approximate surface area is 267 Å². The number of allylic oxidation sites excluding steroid dienone is 2. The largest absolute Gasteiger partial charge is 0.512 e. The summed E-state index contributed by atoms with van der Waals surface area (Å²) in [6, 6.07) is 29.4. The van der Waals surface area contributed by atoms with Crippen LogP contribution in [0.3, 0.4) is 0 Å². The quantitative estimate of drug-likeness (QED) is 0.0844. The van der Waals surface area contributed by atoms with Crippen molar-refractivity contribution in [3.8, 4) is 22.4 Å². The van der Waals surface area contributed by atoms with Crippen molar-refractivity contribution in [3.05, 3.63) is 126 Å². The molecule has 0 unspecified atom stereocenters. The number of carbonyl (C=O) groups excluding carboxylic acids is 1. The van der Waals surface area contributed by atoms with Crippen molar-refractivity contribution in [2.24, 2.45) is 0 Å². The van der Waals surface area contributed by atoms with Crippen molar-refractivity contribution in [2.75, 3.05) is 0 Å². The minimum Gasteiger partial charge on any atom is -0.512 e. The van der Waals surface area contributed by atoms with Gasteiger partial charge in [-0.25, -0.2) is 0 Å². The Balaban J connectivity index is 0.000000497. The van der Waals surface area contributed by atoms with E-state index in [9.17, 15) is 18.0 Å². The average Bonchev–Trinajstić information content (AvgIpc) is 2.95. The number of hydrogen-bond donors (Lipinski definition) is 1. The maximum Gasteiger partial charge on any atom is 0.403 e. The number of carbonyl (C=O) groups is 1. The molecule has 1 N–H and O–H groups in total. The van der Waals surface area contributed by atoms with Gasteiger partial charge in [0.1, 0.15) is 0 Å². The van der Waals surface area contributed by atoms with E-state index in [4.69, 9.17) is 5.11 Å². The first-order chi connectivity index (χ1) is 20.4. The van der Waals surface area contributed by atoms with Gasteiger partial charge >= 0.3 is 6.18 Å². The van der Waals surface area contributed by atoms with Crippen molar-refractivity contribution in [2.45, 2.75) is 33.9 Å². The van der Waals surface area contributed by atoms with Crippen LogP contribution in [-0.2, 0) is 31.1 Å². The Morgan fingerprint density at radius 1 is 0.818 bits per heavy atom. The molecule has 7 heteroatoms. The van der Waals surface area contributed by atoms with Crippen LogP contribution >= 0.6 is 0 Å². The molecule has 3 nitrogen and oxygen atoms in total. The molecule has 1 heterocycles. The number of nitrogens with zero attached hydrogens (tertiary/aromatic N) is 1. The predicted molar refractivity (Wildman–Crippen MR) is 168 cm³/mol. The Morgan fingerprint density at radius 3 is 2.14 bits per heavy atom. The minimum atomic E-state index is -4.48. The molecule has 6 aromatic rings. The second-order valence-electron chi connectivity index (χ2n) is 10.6. The van der Waals surface area contributed by atoms with Crippen molar-refractivity contribution >= 4 is 38.1 Å². The first-order valence-corrected chi connectivity index (χ1v) is 13.7. The van der Waals surface area contributed by atoms with Crippen LogP contribution in [0.4, 0.5) is 13.2 Å². The van der Waals surface area contributed by atoms with Gasteiger partial charge in [0.05, 0.1) is 5.76 Å². The summed E-state index contributed by atoms with van der Waals surface area (Å²) in [6.07, 6.45) is -1.66. The van der Waals surface area contributed by atoms with E-state index >= 15 is 0 Å². The van der Waals surface area contributed by atoms with E-state index in [2.05, 4.69) is 61.3 Å². The summed E-state index contributed by atoms with van der Waals surface area (Å²) in [4.78, 5) is 14.5. The number of halogens is 3. The number of alkyl halides is 3. The van der Waals surface area contributed by atoms with E-state index in [-0.39, 0.29) is 37.0 Å². The topological polar surface area (TPSA) is 50.2 Å². The van der Waals surface area contributed by atoms with Gasteiger partial charge in [0.15, 0.2) is 5.78 Å². The molecule has 0 aliphatic rings. The van der Waals surface area contributed by atoms with Crippen LogP contribution in [0.1, 0.15) is 30.5 Å². The van der Waals surface area contributed by atoms with Gasteiger partial charge < -0.3 is 5.11 Å². The molecular weight excluding hydrogens is 740 g/mol. The summed E-state index contributed by atoms with van der Waals surface area (Å²) in [5.74, 6) is -0.0625. The molecule has 44 heavy (non-hydrogen) atoms. The molecule has 0 atom stereocenters. The Hall–Kier alpha value is -4.32. The van der Waals surface area contributed by atoms with Gasteiger partial charge in [-0.15, -0.1) is 23.6 Å². The molecule has 1 radical (unpaired) electrons. The fraction of sp³-hybridized carbons (Fsp3) is 0.135. The number of benzene rings is 5. The van der Waals surface area contributed by atoms with E-state index in [1.807, 2.05) is 18.2 Å². The molecule has 0 spiro atoms. The molecule has 0 aliphatic heterocycles. The number of aliphatic hydroxyl groups excluding tert-OH is 1. The SMILES string of the molecule is CC(=O)/C=C(/C)O.Cc1cccc(C)c1-c1ccc2c(ccc3c(-c4[c-]c5ccccc5c(C(F)(F)F)c4)nccc32)c1.[Ir]. The van der Waals surface area contributed by atoms with Gasteiger partial charge in [-0.3, -0.25) is 9.78 Å². The van der Waals surface area contributed by atoms with E-state index in [0.29, 0.717) is 16.6 Å². The third-order valence-corrected chi connectivity index (χ3v) is 7.28. The zero-order valence-corrected chi connectivity index (χ0v) is 26.9. The minimum absolute atomic E-state index is 0. The second kappa shape index (κ2) is 13.1. The van der Waals surface area contributed by atoms with Gasteiger partial charge in [0.25, 0.3) is 0 Å². The standard InChI is InChI=1S/C32H21F3N.C5H8O2.Ir/c1-19-6-5-7-20(2)30(19)23-11-12-25-22(16-23)10-13-28-27(25)14-15-36-31(28)24-17-21-8-3-4-9-26(21)29(18-24)32(33,34)35;1-4(6)3-5(2)7;/h3-16,18H,1-2H3;3,6H,1-2H3;/q-1;;/b;4-3-;. The molecular formula is C37H29F3IrNO2-. The summed E-state index contributed by atoms with van der Waals surface area (Å²) >= 11 is 0. The van der Waals surface area contributed by atoms with E-state index < -0.39 is 11.7 Å². The molecule has 0 saturated heterocycles.